The van der Waals surface area contributed by atoms with Crippen molar-refractivity contribution < 1.29 is 14.3 Å². The number of hydrogen-bond donors (Lipinski definition) is 1. The summed E-state index contributed by atoms with van der Waals surface area (Å²) in [5.41, 5.74) is 5.79. The zero-order chi connectivity index (χ0) is 18.7. The zero-order valence-electron chi connectivity index (χ0n) is 14.5. The Balaban J connectivity index is 1.80. The number of ether oxygens (including phenoxy) is 1. The molecule has 26 heavy (non-hydrogen) atoms. The van der Waals surface area contributed by atoms with Gasteiger partial charge in [0.15, 0.2) is 0 Å². The van der Waals surface area contributed by atoms with Gasteiger partial charge in [0.1, 0.15) is 18.1 Å². The van der Waals surface area contributed by atoms with Gasteiger partial charge in [0.25, 0.3) is 5.91 Å². The van der Waals surface area contributed by atoms with Crippen LogP contribution >= 0.6 is 11.6 Å². The first kappa shape index (κ1) is 18.3. The lowest BCUT2D eigenvalue weighted by Crippen LogP contribution is -2.40. The van der Waals surface area contributed by atoms with E-state index < -0.39 is 5.91 Å². The van der Waals surface area contributed by atoms with Crippen molar-refractivity contribution in [1.82, 2.24) is 14.5 Å². The van der Waals surface area contributed by atoms with Crippen LogP contribution in [-0.4, -0.2) is 46.5 Å². The number of carbonyl (C=O) groups is 2. The van der Waals surface area contributed by atoms with E-state index in [2.05, 4.69) is 4.98 Å². The number of nitrogens with zero attached hydrogens (tertiary/aromatic N) is 3. The highest BCUT2D eigenvalue weighted by atomic mass is 35.5. The Labute approximate surface area is 156 Å². The van der Waals surface area contributed by atoms with E-state index in [1.165, 1.54) is 7.11 Å². The first-order chi connectivity index (χ1) is 12.5. The summed E-state index contributed by atoms with van der Waals surface area (Å²) >= 11 is 5.98. The highest BCUT2D eigenvalue weighted by molar-refractivity contribution is 6.30. The number of nitrogens with two attached hydrogens (primary N) is 1. The molecule has 2 heterocycles. The number of rotatable bonds is 5. The van der Waals surface area contributed by atoms with Crippen molar-refractivity contribution in [2.24, 2.45) is 5.73 Å². The molecule has 138 valence electrons. The molecule has 0 bridgehead atoms. The van der Waals surface area contributed by atoms with E-state index in [1.807, 2.05) is 0 Å². The summed E-state index contributed by atoms with van der Waals surface area (Å²) in [5, 5.41) is 0.517. The summed E-state index contributed by atoms with van der Waals surface area (Å²) in [6, 6.07) is 5.00. The number of imidazole rings is 1. The first-order valence-electron chi connectivity index (χ1n) is 8.41. The Hall–Kier alpha value is -2.54. The van der Waals surface area contributed by atoms with E-state index >= 15 is 0 Å². The number of primary amides is 1. The smallest absolute Gasteiger partial charge is 0.257 e. The second kappa shape index (κ2) is 7.78. The molecule has 1 aromatic heterocycles. The molecule has 2 aromatic rings. The maximum atomic E-state index is 13.0. The highest BCUT2D eigenvalue weighted by Crippen LogP contribution is 2.29. The molecule has 0 radical (unpaired) electrons. The first-order valence-corrected chi connectivity index (χ1v) is 8.79. The quantitative estimate of drug-likeness (QED) is 0.864. The van der Waals surface area contributed by atoms with E-state index in [0.717, 1.165) is 18.7 Å². The van der Waals surface area contributed by atoms with E-state index in [9.17, 15) is 9.59 Å². The number of carbonyl (C=O) groups excluding carboxylic acids is 2. The van der Waals surface area contributed by atoms with Gasteiger partial charge in [0.2, 0.25) is 5.91 Å². The van der Waals surface area contributed by atoms with Gasteiger partial charge in [-0.15, -0.1) is 0 Å². The number of methoxy groups -OCH3 is 1. The molecule has 0 aliphatic carbocycles. The van der Waals surface area contributed by atoms with Gasteiger partial charge < -0.3 is 19.9 Å². The molecular weight excluding hydrogens is 356 g/mol. The van der Waals surface area contributed by atoms with Crippen LogP contribution in [0.3, 0.4) is 0 Å². The maximum Gasteiger partial charge on any atom is 0.257 e. The molecule has 0 spiro atoms. The Morgan fingerprint density at radius 2 is 2.23 bits per heavy atom. The third-order valence-electron chi connectivity index (χ3n) is 4.54. The third-order valence-corrected chi connectivity index (χ3v) is 4.78. The Morgan fingerprint density at radius 1 is 1.42 bits per heavy atom. The lowest BCUT2D eigenvalue weighted by molar-refractivity contribution is -0.118. The van der Waals surface area contributed by atoms with E-state index in [1.54, 1.807) is 40.1 Å². The van der Waals surface area contributed by atoms with Gasteiger partial charge in [-0.05, 0) is 31.0 Å². The van der Waals surface area contributed by atoms with Crippen molar-refractivity contribution >= 4 is 23.4 Å². The van der Waals surface area contributed by atoms with Gasteiger partial charge in [-0.1, -0.05) is 11.6 Å². The summed E-state index contributed by atoms with van der Waals surface area (Å²) in [4.78, 5) is 30.4. The number of benzene rings is 1. The average molecular weight is 377 g/mol. The summed E-state index contributed by atoms with van der Waals surface area (Å²) < 4.78 is 7.05. The molecule has 0 saturated carbocycles. The standard InChI is InChI=1S/C18H21ClN4O3/c1-26-15-9-13(19)4-5-14(15)18(25)23-7-2-3-12(10-23)17-21-6-8-22(17)11-16(20)24/h4-6,8-9,12H,2-3,7,10-11H2,1H3,(H2,20,24). The van der Waals surface area contributed by atoms with Crippen LogP contribution in [-0.2, 0) is 11.3 Å². The number of likely N-dealkylation sites (tertiary alicyclic amines) is 1. The molecule has 1 saturated heterocycles. The van der Waals surface area contributed by atoms with Gasteiger partial charge in [-0.25, -0.2) is 4.98 Å². The van der Waals surface area contributed by atoms with Crippen LogP contribution in [0.15, 0.2) is 30.6 Å². The van der Waals surface area contributed by atoms with Crippen LogP contribution in [0.5, 0.6) is 5.75 Å². The summed E-state index contributed by atoms with van der Waals surface area (Å²) in [6.07, 6.45) is 5.15. The molecule has 3 rings (SSSR count). The molecule has 2 amide bonds. The van der Waals surface area contributed by atoms with Crippen LogP contribution in [0.4, 0.5) is 0 Å². The fourth-order valence-electron chi connectivity index (χ4n) is 3.37. The largest absolute Gasteiger partial charge is 0.496 e. The summed E-state index contributed by atoms with van der Waals surface area (Å²) in [7, 11) is 1.52. The van der Waals surface area contributed by atoms with Gasteiger partial charge >= 0.3 is 0 Å². The van der Waals surface area contributed by atoms with Crippen molar-refractivity contribution in [3.8, 4) is 5.75 Å². The van der Waals surface area contributed by atoms with E-state index in [0.29, 0.717) is 29.4 Å². The lowest BCUT2D eigenvalue weighted by Gasteiger charge is -2.33. The molecule has 1 atom stereocenters. The maximum absolute atomic E-state index is 13.0. The zero-order valence-corrected chi connectivity index (χ0v) is 15.3. The predicted molar refractivity (Wildman–Crippen MR) is 97.3 cm³/mol. The second-order valence-corrected chi connectivity index (χ2v) is 6.75. The van der Waals surface area contributed by atoms with E-state index in [-0.39, 0.29) is 18.4 Å². The molecule has 7 nitrogen and oxygen atoms in total. The minimum Gasteiger partial charge on any atom is -0.496 e. The molecule has 1 unspecified atom stereocenters. The lowest BCUT2D eigenvalue weighted by atomic mass is 9.96. The fourth-order valence-corrected chi connectivity index (χ4v) is 3.53. The summed E-state index contributed by atoms with van der Waals surface area (Å²) in [6.45, 7) is 1.28. The molecule has 1 fully saturated rings. The normalized spacial score (nSPS) is 17.2. The SMILES string of the molecule is COc1cc(Cl)ccc1C(=O)N1CCCC(c2nccn2CC(N)=O)C1. The number of halogens is 1. The van der Waals surface area contributed by atoms with Crippen LogP contribution in [0.1, 0.15) is 34.9 Å². The minimum atomic E-state index is -0.418. The van der Waals surface area contributed by atoms with Crippen molar-refractivity contribution in [3.63, 3.8) is 0 Å². The predicted octanol–water partition coefficient (Wildman–Crippen LogP) is 2.05. The fraction of sp³-hybridized carbons (Fsp3) is 0.389. The molecular formula is C18H21ClN4O3. The number of aromatic nitrogens is 2. The minimum absolute atomic E-state index is 0.0559. The van der Waals surface area contributed by atoms with Crippen molar-refractivity contribution in [3.05, 3.63) is 47.0 Å². The topological polar surface area (TPSA) is 90.4 Å². The molecule has 8 heteroatoms. The molecule has 2 N–H and O–H groups in total. The third kappa shape index (κ3) is 3.83. The van der Waals surface area contributed by atoms with Crippen molar-refractivity contribution in [2.75, 3.05) is 20.2 Å². The summed E-state index contributed by atoms with van der Waals surface area (Å²) in [5.74, 6) is 0.777. The van der Waals surface area contributed by atoms with Crippen molar-refractivity contribution in [2.45, 2.75) is 25.3 Å². The monoisotopic (exact) mass is 376 g/mol. The number of hydrogen-bond acceptors (Lipinski definition) is 4. The van der Waals surface area contributed by atoms with Gasteiger partial charge in [0, 0.05) is 36.4 Å². The van der Waals surface area contributed by atoms with Gasteiger partial charge in [-0.2, -0.15) is 0 Å². The second-order valence-electron chi connectivity index (χ2n) is 6.31. The molecule has 1 aliphatic rings. The van der Waals surface area contributed by atoms with Crippen molar-refractivity contribution in [1.29, 1.82) is 0 Å². The highest BCUT2D eigenvalue weighted by Gasteiger charge is 2.29. The number of piperidine rings is 1. The molecule has 1 aliphatic heterocycles. The van der Waals surface area contributed by atoms with Crippen LogP contribution in [0.2, 0.25) is 5.02 Å². The van der Waals surface area contributed by atoms with E-state index in [4.69, 9.17) is 22.1 Å². The Morgan fingerprint density at radius 3 is 2.96 bits per heavy atom. The van der Waals surface area contributed by atoms with Crippen LogP contribution < -0.4 is 10.5 Å². The van der Waals surface area contributed by atoms with Crippen LogP contribution in [0.25, 0.3) is 0 Å². The Kier molecular flexibility index (Phi) is 5.46. The van der Waals surface area contributed by atoms with Gasteiger partial charge in [-0.3, -0.25) is 9.59 Å². The van der Waals surface area contributed by atoms with Gasteiger partial charge in [0.05, 0.1) is 12.7 Å². The van der Waals surface area contributed by atoms with Crippen LogP contribution in [0, 0.1) is 0 Å². The molecule has 1 aromatic carbocycles. The Bertz CT molecular complexity index is 821. The average Bonchev–Trinajstić information content (AvgIpc) is 3.08. The number of amides is 2.